The summed E-state index contributed by atoms with van der Waals surface area (Å²) in [4.78, 5) is 26.2. The van der Waals surface area contributed by atoms with Gasteiger partial charge in [0.2, 0.25) is 11.8 Å². The van der Waals surface area contributed by atoms with Gasteiger partial charge in [0.1, 0.15) is 11.4 Å². The van der Waals surface area contributed by atoms with E-state index < -0.39 is 11.9 Å². The number of aryl methyl sites for hydroxylation is 1. The summed E-state index contributed by atoms with van der Waals surface area (Å²) < 4.78 is 34.6. The van der Waals surface area contributed by atoms with Gasteiger partial charge in [0, 0.05) is 38.2 Å². The zero-order valence-electron chi connectivity index (χ0n) is 29.1. The molecule has 1 amide bonds. The monoisotopic (exact) mass is 685 g/mol. The van der Waals surface area contributed by atoms with Gasteiger partial charge in [-0.3, -0.25) is 14.3 Å². The highest BCUT2D eigenvalue weighted by Gasteiger charge is 2.21. The number of carbonyl (C=O) groups is 2. The average Bonchev–Trinajstić information content (AvgIpc) is 3.56. The van der Waals surface area contributed by atoms with Crippen LogP contribution in [0.1, 0.15) is 61.9 Å². The molecule has 4 rings (SSSR count). The van der Waals surface area contributed by atoms with Crippen LogP contribution in [0.5, 0.6) is 11.6 Å². The second-order valence-electron chi connectivity index (χ2n) is 11.8. The third kappa shape index (κ3) is 15.4. The van der Waals surface area contributed by atoms with Gasteiger partial charge in [-0.1, -0.05) is 37.3 Å². The number of hydrogen-bond acceptors (Lipinski definition) is 11. The lowest BCUT2D eigenvalue weighted by atomic mass is 9.95. The first-order chi connectivity index (χ1) is 23.8. The Kier molecular flexibility index (Phi) is 18.2. The summed E-state index contributed by atoms with van der Waals surface area (Å²) in [6.07, 6.45) is 5.80. The zero-order valence-corrected chi connectivity index (χ0v) is 29.1. The molecule has 14 nitrogen and oxygen atoms in total. The predicted molar refractivity (Wildman–Crippen MR) is 181 cm³/mol. The number of ether oxygens (including phenoxy) is 6. The molecule has 14 heteroatoms. The van der Waals surface area contributed by atoms with Crippen LogP contribution in [0.15, 0.2) is 42.7 Å². The highest BCUT2D eigenvalue weighted by Crippen LogP contribution is 2.36. The summed E-state index contributed by atoms with van der Waals surface area (Å²) in [6.45, 7) is 11.8. The molecule has 49 heavy (non-hydrogen) atoms. The number of pyridine rings is 1. The van der Waals surface area contributed by atoms with Crippen molar-refractivity contribution >= 4 is 11.9 Å². The number of amides is 1. The van der Waals surface area contributed by atoms with E-state index in [0.717, 1.165) is 47.5 Å². The number of rotatable bonds is 22. The molecule has 2 N–H and O–H groups in total. The van der Waals surface area contributed by atoms with Crippen LogP contribution in [-0.2, 0) is 52.8 Å². The number of carboxylic acid groups (broad SMARTS) is 1. The summed E-state index contributed by atoms with van der Waals surface area (Å²) in [5.74, 6) is 0.676. The van der Waals surface area contributed by atoms with Gasteiger partial charge in [0.15, 0.2) is 0 Å². The van der Waals surface area contributed by atoms with Crippen molar-refractivity contribution in [3.63, 3.8) is 0 Å². The number of carbonyl (C=O) groups excluding carboxylic acids is 1. The Morgan fingerprint density at radius 3 is 2.20 bits per heavy atom. The quantitative estimate of drug-likeness (QED) is 0.114. The summed E-state index contributed by atoms with van der Waals surface area (Å²) in [7, 11) is 1.61. The smallest absolute Gasteiger partial charge is 0.310 e. The van der Waals surface area contributed by atoms with E-state index in [0.29, 0.717) is 84.3 Å². The van der Waals surface area contributed by atoms with Crippen LogP contribution < -0.4 is 10.1 Å². The van der Waals surface area contributed by atoms with E-state index >= 15 is 0 Å². The standard InChI is InChI=1S/C20H38N4O6.C15H13NO3/c1-18(2)4-6-24-16-19(22-23-24)17-30-15-14-29-13-12-28-11-10-27-9-8-26-7-5-20(25)21-3;1-9(15(17)18)10-4-5-13-12(7-10)8-11-3-2-6-16-14(11)19-13/h16,18H,4-15,17H2,1-3H3,(H,21,25);2-7,9H,8H2,1H3,(H,17,18). The van der Waals surface area contributed by atoms with Crippen molar-refractivity contribution in [1.82, 2.24) is 25.3 Å². The number of carboxylic acids is 1. The van der Waals surface area contributed by atoms with E-state index in [1.165, 1.54) is 0 Å². The normalized spacial score (nSPS) is 12.3. The molecule has 1 aliphatic rings. The Labute approximate surface area is 288 Å². The molecule has 0 saturated carbocycles. The Hall–Kier alpha value is -3.95. The van der Waals surface area contributed by atoms with Crippen LogP contribution in [0, 0.1) is 5.92 Å². The van der Waals surface area contributed by atoms with Crippen molar-refractivity contribution in [2.75, 3.05) is 66.5 Å². The summed E-state index contributed by atoms with van der Waals surface area (Å²) in [6, 6.07) is 9.37. The van der Waals surface area contributed by atoms with E-state index in [1.807, 2.05) is 35.1 Å². The van der Waals surface area contributed by atoms with Crippen molar-refractivity contribution in [3.05, 3.63) is 65.1 Å². The minimum atomic E-state index is -0.821. The largest absolute Gasteiger partial charge is 0.481 e. The molecule has 1 atom stereocenters. The van der Waals surface area contributed by atoms with E-state index in [-0.39, 0.29) is 5.91 Å². The molecule has 0 saturated heterocycles. The minimum Gasteiger partial charge on any atom is -0.481 e. The molecule has 0 radical (unpaired) electrons. The molecule has 1 unspecified atom stereocenters. The summed E-state index contributed by atoms with van der Waals surface area (Å²) in [5, 5.41) is 19.8. The number of aliphatic carboxylic acids is 1. The number of benzene rings is 1. The maximum Gasteiger partial charge on any atom is 0.310 e. The van der Waals surface area contributed by atoms with Crippen LogP contribution in [-0.4, -0.2) is 103 Å². The number of aromatic nitrogens is 4. The molecular weight excluding hydrogens is 634 g/mol. The predicted octanol–water partition coefficient (Wildman–Crippen LogP) is 4.01. The summed E-state index contributed by atoms with van der Waals surface area (Å²) in [5.41, 5.74) is 3.65. The van der Waals surface area contributed by atoms with Gasteiger partial charge < -0.3 is 38.8 Å². The molecular formula is C35H51N5O9. The second-order valence-corrected chi connectivity index (χ2v) is 11.8. The molecule has 1 aromatic carbocycles. The van der Waals surface area contributed by atoms with Gasteiger partial charge >= 0.3 is 5.97 Å². The maximum absolute atomic E-state index is 11.0. The van der Waals surface area contributed by atoms with Crippen molar-refractivity contribution in [1.29, 1.82) is 0 Å². The van der Waals surface area contributed by atoms with Gasteiger partial charge in [-0.15, -0.1) is 5.10 Å². The van der Waals surface area contributed by atoms with E-state index in [4.69, 9.17) is 33.5 Å². The lowest BCUT2D eigenvalue weighted by Gasteiger charge is -2.20. The van der Waals surface area contributed by atoms with Crippen LogP contribution in [0.4, 0.5) is 0 Å². The van der Waals surface area contributed by atoms with Gasteiger partial charge in [-0.2, -0.15) is 0 Å². The Morgan fingerprint density at radius 1 is 0.918 bits per heavy atom. The third-order valence-corrected chi connectivity index (χ3v) is 7.40. The SMILES string of the molecule is CC(C(=O)O)c1ccc2c(c1)Cc1cccnc1O2.CNC(=O)CCOCCOCCOCCOCCOCc1cn(CCC(C)C)nn1. The minimum absolute atomic E-state index is 0.0281. The summed E-state index contributed by atoms with van der Waals surface area (Å²) >= 11 is 0. The fourth-order valence-corrected chi connectivity index (χ4v) is 4.46. The van der Waals surface area contributed by atoms with E-state index in [1.54, 1.807) is 26.2 Å². The number of nitrogens with one attached hydrogen (secondary N) is 1. The highest BCUT2D eigenvalue weighted by molar-refractivity contribution is 5.76. The fourth-order valence-electron chi connectivity index (χ4n) is 4.46. The number of fused-ring (bicyclic) bond motifs is 2. The topological polar surface area (TPSA) is 165 Å². The van der Waals surface area contributed by atoms with Gasteiger partial charge in [0.05, 0.1) is 78.2 Å². The molecule has 2 aromatic heterocycles. The molecule has 0 bridgehead atoms. The van der Waals surface area contributed by atoms with Crippen molar-refractivity contribution in [3.8, 4) is 11.6 Å². The molecule has 0 aliphatic carbocycles. The Morgan fingerprint density at radius 2 is 1.57 bits per heavy atom. The van der Waals surface area contributed by atoms with Crippen molar-refractivity contribution in [2.24, 2.45) is 5.92 Å². The van der Waals surface area contributed by atoms with Crippen LogP contribution in [0.2, 0.25) is 0 Å². The zero-order chi connectivity index (χ0) is 35.3. The highest BCUT2D eigenvalue weighted by atomic mass is 16.6. The lowest BCUT2D eigenvalue weighted by molar-refractivity contribution is -0.138. The van der Waals surface area contributed by atoms with Crippen molar-refractivity contribution < 1.29 is 43.1 Å². The first kappa shape index (κ1) is 39.5. The Bertz CT molecular complexity index is 1400. The van der Waals surface area contributed by atoms with Gasteiger partial charge in [-0.05, 0) is 42.5 Å². The first-order valence-electron chi connectivity index (χ1n) is 16.7. The number of hydrogen-bond donors (Lipinski definition) is 2. The molecule has 0 fully saturated rings. The van der Waals surface area contributed by atoms with Crippen LogP contribution >= 0.6 is 0 Å². The number of nitrogens with zero attached hydrogens (tertiary/aromatic N) is 4. The van der Waals surface area contributed by atoms with Gasteiger partial charge in [0.25, 0.3) is 0 Å². The molecule has 270 valence electrons. The lowest BCUT2D eigenvalue weighted by Crippen LogP contribution is -2.20. The molecule has 3 heterocycles. The Balaban J connectivity index is 0.000000291. The third-order valence-electron chi connectivity index (χ3n) is 7.40. The van der Waals surface area contributed by atoms with Crippen LogP contribution in [0.25, 0.3) is 0 Å². The maximum atomic E-state index is 11.0. The van der Waals surface area contributed by atoms with Crippen LogP contribution in [0.3, 0.4) is 0 Å². The van der Waals surface area contributed by atoms with E-state index in [2.05, 4.69) is 34.5 Å². The fraction of sp³-hybridized carbons (Fsp3) is 0.571. The van der Waals surface area contributed by atoms with E-state index in [9.17, 15) is 9.59 Å². The molecule has 3 aromatic rings. The molecule has 0 spiro atoms. The van der Waals surface area contributed by atoms with Crippen molar-refractivity contribution in [2.45, 2.75) is 59.1 Å². The van der Waals surface area contributed by atoms with Gasteiger partial charge in [-0.25, -0.2) is 4.98 Å². The average molecular weight is 686 g/mol. The molecule has 1 aliphatic heterocycles. The first-order valence-corrected chi connectivity index (χ1v) is 16.7. The second kappa shape index (κ2) is 22.6.